The molecule has 3 atom stereocenters. The number of morpholine rings is 1. The van der Waals surface area contributed by atoms with Gasteiger partial charge in [0, 0.05) is 19.1 Å². The molecular weight excluding hydrogens is 238 g/mol. The van der Waals surface area contributed by atoms with E-state index < -0.39 is 12.0 Å². The largest absolute Gasteiger partial charge is 0.480 e. The minimum atomic E-state index is -0.997. The van der Waals surface area contributed by atoms with Crippen molar-refractivity contribution in [1.82, 2.24) is 4.90 Å². The third kappa shape index (κ3) is 2.81. The molecule has 2 heterocycles. The monoisotopic (exact) mass is 257 g/mol. The maximum atomic E-state index is 12.4. The van der Waals surface area contributed by atoms with Crippen LogP contribution >= 0.6 is 0 Å². The summed E-state index contributed by atoms with van der Waals surface area (Å²) in [6.45, 7) is 3.36. The summed E-state index contributed by atoms with van der Waals surface area (Å²) >= 11 is 0. The second kappa shape index (κ2) is 5.67. The highest BCUT2D eigenvalue weighted by Crippen LogP contribution is 2.23. The van der Waals surface area contributed by atoms with Crippen molar-refractivity contribution in [3.8, 4) is 0 Å². The molecule has 1 amide bonds. The van der Waals surface area contributed by atoms with Crippen molar-refractivity contribution in [2.75, 3.05) is 26.4 Å². The Morgan fingerprint density at radius 3 is 2.78 bits per heavy atom. The molecule has 0 saturated carbocycles. The molecule has 0 aliphatic carbocycles. The standard InChI is InChI=1S/C12H19NO5/c1-8-6-9(2-4-18-8)11(14)13-3-5-17-7-10(13)12(15)16/h8-10H,2-7H2,1H3,(H,15,16). The van der Waals surface area contributed by atoms with Crippen molar-refractivity contribution in [3.63, 3.8) is 0 Å². The van der Waals surface area contributed by atoms with E-state index in [0.29, 0.717) is 32.6 Å². The first-order valence-electron chi connectivity index (χ1n) is 6.32. The maximum Gasteiger partial charge on any atom is 0.328 e. The molecule has 102 valence electrons. The predicted molar refractivity (Wildman–Crippen MR) is 62.1 cm³/mol. The number of amides is 1. The van der Waals surface area contributed by atoms with Gasteiger partial charge in [0.05, 0.1) is 19.3 Å². The van der Waals surface area contributed by atoms with E-state index in [-0.39, 0.29) is 24.5 Å². The van der Waals surface area contributed by atoms with E-state index in [1.165, 1.54) is 4.90 Å². The molecule has 0 radical (unpaired) electrons. The van der Waals surface area contributed by atoms with E-state index >= 15 is 0 Å². The van der Waals surface area contributed by atoms with Crippen molar-refractivity contribution >= 4 is 11.9 Å². The molecule has 2 fully saturated rings. The van der Waals surface area contributed by atoms with Gasteiger partial charge in [-0.3, -0.25) is 4.79 Å². The lowest BCUT2D eigenvalue weighted by Gasteiger charge is -2.37. The summed E-state index contributed by atoms with van der Waals surface area (Å²) in [6, 6.07) is -0.843. The van der Waals surface area contributed by atoms with Gasteiger partial charge in [0.25, 0.3) is 0 Å². The molecule has 6 nitrogen and oxygen atoms in total. The number of hydrogen-bond donors (Lipinski definition) is 1. The van der Waals surface area contributed by atoms with Crippen molar-refractivity contribution < 1.29 is 24.2 Å². The average molecular weight is 257 g/mol. The Hall–Kier alpha value is -1.14. The van der Waals surface area contributed by atoms with Crippen molar-refractivity contribution in [1.29, 1.82) is 0 Å². The molecular formula is C12H19NO5. The van der Waals surface area contributed by atoms with Crippen molar-refractivity contribution in [3.05, 3.63) is 0 Å². The number of ether oxygens (including phenoxy) is 2. The topological polar surface area (TPSA) is 76.1 Å². The van der Waals surface area contributed by atoms with Gasteiger partial charge in [0.2, 0.25) is 5.91 Å². The Morgan fingerprint density at radius 2 is 2.11 bits per heavy atom. The van der Waals surface area contributed by atoms with Crippen LogP contribution in [0.4, 0.5) is 0 Å². The Balaban J connectivity index is 2.03. The molecule has 6 heteroatoms. The van der Waals surface area contributed by atoms with Gasteiger partial charge in [0.15, 0.2) is 6.04 Å². The number of carbonyl (C=O) groups is 2. The summed E-state index contributed by atoms with van der Waals surface area (Å²) in [5.41, 5.74) is 0. The van der Waals surface area contributed by atoms with Crippen LogP contribution in [-0.2, 0) is 19.1 Å². The average Bonchev–Trinajstić information content (AvgIpc) is 2.38. The first-order chi connectivity index (χ1) is 8.59. The molecule has 0 spiro atoms. The van der Waals surface area contributed by atoms with Gasteiger partial charge < -0.3 is 19.5 Å². The molecule has 3 unspecified atom stereocenters. The highest BCUT2D eigenvalue weighted by molar-refractivity contribution is 5.85. The van der Waals surface area contributed by atoms with Crippen LogP contribution in [-0.4, -0.2) is 60.4 Å². The van der Waals surface area contributed by atoms with Crippen LogP contribution in [0.15, 0.2) is 0 Å². The van der Waals surface area contributed by atoms with Crippen LogP contribution in [0.25, 0.3) is 0 Å². The van der Waals surface area contributed by atoms with Crippen molar-refractivity contribution in [2.24, 2.45) is 5.92 Å². The third-order valence-corrected chi connectivity index (χ3v) is 3.53. The van der Waals surface area contributed by atoms with E-state index in [2.05, 4.69) is 0 Å². The Kier molecular flexibility index (Phi) is 4.19. The summed E-state index contributed by atoms with van der Waals surface area (Å²) in [7, 11) is 0. The Bertz CT molecular complexity index is 332. The zero-order valence-electron chi connectivity index (χ0n) is 10.5. The molecule has 2 saturated heterocycles. The smallest absolute Gasteiger partial charge is 0.328 e. The van der Waals surface area contributed by atoms with Gasteiger partial charge in [-0.15, -0.1) is 0 Å². The summed E-state index contributed by atoms with van der Waals surface area (Å²) in [5, 5.41) is 9.11. The van der Waals surface area contributed by atoms with Crippen LogP contribution < -0.4 is 0 Å². The summed E-state index contributed by atoms with van der Waals surface area (Å²) in [6.07, 6.45) is 1.41. The zero-order chi connectivity index (χ0) is 13.1. The van der Waals surface area contributed by atoms with Crippen LogP contribution in [0.1, 0.15) is 19.8 Å². The molecule has 2 aliphatic rings. The van der Waals surface area contributed by atoms with E-state index in [1.54, 1.807) is 0 Å². The minimum absolute atomic E-state index is 0.0667. The maximum absolute atomic E-state index is 12.4. The molecule has 0 bridgehead atoms. The lowest BCUT2D eigenvalue weighted by atomic mass is 9.94. The second-order valence-corrected chi connectivity index (χ2v) is 4.86. The fourth-order valence-corrected chi connectivity index (χ4v) is 2.53. The predicted octanol–water partition coefficient (Wildman–Crippen LogP) is 0.114. The first-order valence-corrected chi connectivity index (χ1v) is 6.32. The number of hydrogen-bond acceptors (Lipinski definition) is 4. The number of rotatable bonds is 2. The molecule has 0 aromatic carbocycles. The normalized spacial score (nSPS) is 33.2. The molecule has 0 aromatic rings. The highest BCUT2D eigenvalue weighted by atomic mass is 16.5. The van der Waals surface area contributed by atoms with Gasteiger partial charge in [-0.05, 0) is 19.8 Å². The van der Waals surface area contributed by atoms with Crippen LogP contribution in [0.5, 0.6) is 0 Å². The number of aliphatic carboxylic acids is 1. The van der Waals surface area contributed by atoms with Crippen LogP contribution in [0, 0.1) is 5.92 Å². The van der Waals surface area contributed by atoms with Gasteiger partial charge >= 0.3 is 5.97 Å². The van der Waals surface area contributed by atoms with Gasteiger partial charge in [-0.1, -0.05) is 0 Å². The number of nitrogens with zero attached hydrogens (tertiary/aromatic N) is 1. The van der Waals surface area contributed by atoms with E-state index in [1.807, 2.05) is 6.92 Å². The van der Waals surface area contributed by atoms with Crippen LogP contribution in [0.3, 0.4) is 0 Å². The van der Waals surface area contributed by atoms with Gasteiger partial charge in [-0.2, -0.15) is 0 Å². The molecule has 18 heavy (non-hydrogen) atoms. The fourth-order valence-electron chi connectivity index (χ4n) is 2.53. The van der Waals surface area contributed by atoms with E-state index in [0.717, 1.165) is 0 Å². The summed E-state index contributed by atoms with van der Waals surface area (Å²) < 4.78 is 10.5. The molecule has 2 aliphatic heterocycles. The zero-order valence-corrected chi connectivity index (χ0v) is 10.5. The van der Waals surface area contributed by atoms with E-state index in [9.17, 15) is 9.59 Å². The summed E-state index contributed by atoms with van der Waals surface area (Å²) in [5.74, 6) is -1.18. The second-order valence-electron chi connectivity index (χ2n) is 4.86. The first kappa shape index (κ1) is 13.3. The minimum Gasteiger partial charge on any atom is -0.480 e. The lowest BCUT2D eigenvalue weighted by Crippen LogP contribution is -2.55. The SMILES string of the molecule is CC1CC(C(=O)N2CCOCC2C(=O)O)CCO1. The third-order valence-electron chi connectivity index (χ3n) is 3.53. The number of carbonyl (C=O) groups excluding carboxylic acids is 1. The molecule has 2 rings (SSSR count). The Morgan fingerprint density at radius 1 is 1.33 bits per heavy atom. The van der Waals surface area contributed by atoms with Crippen molar-refractivity contribution in [2.45, 2.75) is 31.9 Å². The fraction of sp³-hybridized carbons (Fsp3) is 0.833. The summed E-state index contributed by atoms with van der Waals surface area (Å²) in [4.78, 5) is 24.9. The van der Waals surface area contributed by atoms with Gasteiger partial charge in [0.1, 0.15) is 0 Å². The number of carboxylic acids is 1. The lowest BCUT2D eigenvalue weighted by molar-refractivity contribution is -0.162. The van der Waals surface area contributed by atoms with E-state index in [4.69, 9.17) is 14.6 Å². The quantitative estimate of drug-likeness (QED) is 0.760. The number of carboxylic acid groups (broad SMARTS) is 1. The molecule has 0 aromatic heterocycles. The van der Waals surface area contributed by atoms with Crippen LogP contribution in [0.2, 0.25) is 0 Å². The highest BCUT2D eigenvalue weighted by Gasteiger charge is 2.37. The Labute approximate surface area is 106 Å². The van der Waals surface area contributed by atoms with Gasteiger partial charge in [-0.25, -0.2) is 4.79 Å². The molecule has 1 N–H and O–H groups in total.